The molecule has 0 aliphatic carbocycles. The zero-order chi connectivity index (χ0) is 19.1. The van der Waals surface area contributed by atoms with Crippen LogP contribution in [-0.4, -0.2) is 38.6 Å². The van der Waals surface area contributed by atoms with Crippen LogP contribution in [0.4, 0.5) is 0 Å². The number of nitrogens with zero attached hydrogens (tertiary/aromatic N) is 1. The highest BCUT2D eigenvalue weighted by Gasteiger charge is 2.17. The second kappa shape index (κ2) is 9.62. The topological polar surface area (TPSA) is 38.8 Å². The SMILES string of the molecule is CCCc1sc(C(=O)N(C)CCc2ccc(OC)c(OC)c2)cc1CC. The van der Waals surface area contributed by atoms with E-state index in [2.05, 4.69) is 19.9 Å². The maximum Gasteiger partial charge on any atom is 0.263 e. The summed E-state index contributed by atoms with van der Waals surface area (Å²) in [5.74, 6) is 1.54. The predicted molar refractivity (Wildman–Crippen MR) is 108 cm³/mol. The standard InChI is InChI=1S/C21H29NO3S/c1-6-8-19-16(7-2)14-20(26-19)21(23)22(3)12-11-15-9-10-17(24-4)18(13-15)25-5/h9-10,13-14H,6-8,11-12H2,1-5H3. The first-order valence-electron chi connectivity index (χ1n) is 9.11. The molecule has 0 aliphatic heterocycles. The first-order valence-corrected chi connectivity index (χ1v) is 9.93. The average molecular weight is 376 g/mol. The quantitative estimate of drug-likeness (QED) is 0.643. The molecule has 2 rings (SSSR count). The lowest BCUT2D eigenvalue weighted by Crippen LogP contribution is -2.28. The molecule has 0 fully saturated rings. The second-order valence-electron chi connectivity index (χ2n) is 6.33. The molecule has 142 valence electrons. The minimum Gasteiger partial charge on any atom is -0.493 e. The van der Waals surface area contributed by atoms with Crippen LogP contribution in [-0.2, 0) is 19.3 Å². The van der Waals surface area contributed by atoms with E-state index in [-0.39, 0.29) is 5.91 Å². The highest BCUT2D eigenvalue weighted by atomic mass is 32.1. The number of hydrogen-bond donors (Lipinski definition) is 0. The Bertz CT molecular complexity index is 739. The van der Waals surface area contributed by atoms with Crippen LogP contribution in [0.15, 0.2) is 24.3 Å². The van der Waals surface area contributed by atoms with E-state index < -0.39 is 0 Å². The lowest BCUT2D eigenvalue weighted by Gasteiger charge is -2.17. The summed E-state index contributed by atoms with van der Waals surface area (Å²) in [6, 6.07) is 7.96. The number of ether oxygens (including phenoxy) is 2. The zero-order valence-corrected chi connectivity index (χ0v) is 17.2. The summed E-state index contributed by atoms with van der Waals surface area (Å²) in [5, 5.41) is 0. The largest absolute Gasteiger partial charge is 0.493 e. The normalized spacial score (nSPS) is 10.7. The van der Waals surface area contributed by atoms with Gasteiger partial charge in [0.05, 0.1) is 19.1 Å². The highest BCUT2D eigenvalue weighted by molar-refractivity contribution is 7.14. The Balaban J connectivity index is 2.03. The van der Waals surface area contributed by atoms with Crippen LogP contribution >= 0.6 is 11.3 Å². The fourth-order valence-corrected chi connectivity index (χ4v) is 4.28. The molecular formula is C21H29NO3S. The second-order valence-corrected chi connectivity index (χ2v) is 7.47. The Morgan fingerprint density at radius 1 is 1.08 bits per heavy atom. The fourth-order valence-electron chi connectivity index (χ4n) is 2.93. The number of thiophene rings is 1. The van der Waals surface area contributed by atoms with Crippen molar-refractivity contribution >= 4 is 17.2 Å². The number of likely N-dealkylation sites (N-methyl/N-ethyl adjacent to an activating group) is 1. The van der Waals surface area contributed by atoms with Crippen molar-refractivity contribution in [1.82, 2.24) is 4.90 Å². The van der Waals surface area contributed by atoms with Gasteiger partial charge < -0.3 is 14.4 Å². The van der Waals surface area contributed by atoms with E-state index in [1.54, 1.807) is 30.5 Å². The highest BCUT2D eigenvalue weighted by Crippen LogP contribution is 2.28. The van der Waals surface area contributed by atoms with Gasteiger partial charge in [0, 0.05) is 18.5 Å². The molecule has 0 spiro atoms. The van der Waals surface area contributed by atoms with Crippen LogP contribution in [0.5, 0.6) is 11.5 Å². The summed E-state index contributed by atoms with van der Waals surface area (Å²) >= 11 is 1.65. The Morgan fingerprint density at radius 3 is 2.42 bits per heavy atom. The maximum atomic E-state index is 12.8. The van der Waals surface area contributed by atoms with Crippen molar-refractivity contribution in [2.24, 2.45) is 0 Å². The van der Waals surface area contributed by atoms with Gasteiger partial charge in [-0.3, -0.25) is 4.79 Å². The number of hydrogen-bond acceptors (Lipinski definition) is 4. The summed E-state index contributed by atoms with van der Waals surface area (Å²) in [6.45, 7) is 4.99. The number of carbonyl (C=O) groups is 1. The monoisotopic (exact) mass is 375 g/mol. The van der Waals surface area contributed by atoms with Crippen LogP contribution in [0.3, 0.4) is 0 Å². The molecule has 2 aromatic rings. The molecule has 0 saturated heterocycles. The summed E-state index contributed by atoms with van der Waals surface area (Å²) in [6.07, 6.45) is 3.91. The van der Waals surface area contributed by atoms with E-state index in [0.29, 0.717) is 12.3 Å². The van der Waals surface area contributed by atoms with Crippen LogP contribution in [0.2, 0.25) is 0 Å². The first-order chi connectivity index (χ1) is 12.5. The molecule has 5 heteroatoms. The third-order valence-corrected chi connectivity index (χ3v) is 5.72. The number of amides is 1. The van der Waals surface area contributed by atoms with E-state index in [9.17, 15) is 4.79 Å². The number of carbonyl (C=O) groups excluding carboxylic acids is 1. The van der Waals surface area contributed by atoms with E-state index in [4.69, 9.17) is 9.47 Å². The van der Waals surface area contributed by atoms with Crippen molar-refractivity contribution in [3.8, 4) is 11.5 Å². The molecule has 0 atom stereocenters. The Morgan fingerprint density at radius 2 is 1.81 bits per heavy atom. The number of benzene rings is 1. The molecule has 0 N–H and O–H groups in total. The summed E-state index contributed by atoms with van der Waals surface area (Å²) < 4.78 is 10.6. The molecule has 0 bridgehead atoms. The van der Waals surface area contributed by atoms with Gasteiger partial charge in [0.15, 0.2) is 11.5 Å². The van der Waals surface area contributed by atoms with Crippen molar-refractivity contribution < 1.29 is 14.3 Å². The van der Waals surface area contributed by atoms with Crippen molar-refractivity contribution in [3.05, 3.63) is 45.1 Å². The third kappa shape index (κ3) is 4.79. The molecule has 1 aromatic heterocycles. The lowest BCUT2D eigenvalue weighted by molar-refractivity contribution is 0.0801. The van der Waals surface area contributed by atoms with Gasteiger partial charge in [-0.2, -0.15) is 0 Å². The fraction of sp³-hybridized carbons (Fsp3) is 0.476. The van der Waals surface area contributed by atoms with Crippen molar-refractivity contribution in [3.63, 3.8) is 0 Å². The lowest BCUT2D eigenvalue weighted by atomic mass is 10.1. The zero-order valence-electron chi connectivity index (χ0n) is 16.4. The third-order valence-electron chi connectivity index (χ3n) is 4.50. The van der Waals surface area contributed by atoms with Crippen LogP contribution in [0.25, 0.3) is 0 Å². The van der Waals surface area contributed by atoms with Gasteiger partial charge in [0.2, 0.25) is 0 Å². The van der Waals surface area contributed by atoms with Crippen LogP contribution in [0, 0.1) is 0 Å². The first kappa shape index (κ1) is 20.3. The summed E-state index contributed by atoms with van der Waals surface area (Å²) in [7, 11) is 5.13. The average Bonchev–Trinajstić information content (AvgIpc) is 3.08. The van der Waals surface area contributed by atoms with Crippen molar-refractivity contribution in [2.75, 3.05) is 27.8 Å². The Labute approximate surface area is 160 Å². The van der Waals surface area contributed by atoms with Crippen LogP contribution < -0.4 is 9.47 Å². The Hall–Kier alpha value is -2.01. The molecule has 1 aromatic carbocycles. The summed E-state index contributed by atoms with van der Waals surface area (Å²) in [4.78, 5) is 16.8. The molecular weight excluding hydrogens is 346 g/mol. The van der Waals surface area contributed by atoms with Crippen molar-refractivity contribution in [1.29, 1.82) is 0 Å². The molecule has 26 heavy (non-hydrogen) atoms. The minimum absolute atomic E-state index is 0.104. The van der Waals surface area contributed by atoms with Crippen LogP contribution in [0.1, 0.15) is 45.9 Å². The smallest absolute Gasteiger partial charge is 0.263 e. The van der Waals surface area contributed by atoms with E-state index in [1.807, 2.05) is 25.2 Å². The van der Waals surface area contributed by atoms with Gasteiger partial charge >= 0.3 is 0 Å². The molecule has 0 radical (unpaired) electrons. The molecule has 0 unspecified atom stereocenters. The van der Waals surface area contributed by atoms with Crippen molar-refractivity contribution in [2.45, 2.75) is 39.5 Å². The van der Waals surface area contributed by atoms with E-state index in [0.717, 1.165) is 41.9 Å². The Kier molecular flexibility index (Phi) is 7.51. The number of methoxy groups -OCH3 is 2. The minimum atomic E-state index is 0.104. The molecule has 1 amide bonds. The van der Waals surface area contributed by atoms with Gasteiger partial charge in [0.25, 0.3) is 5.91 Å². The summed E-state index contributed by atoms with van der Waals surface area (Å²) in [5.41, 5.74) is 2.43. The maximum absolute atomic E-state index is 12.8. The van der Waals surface area contributed by atoms with Gasteiger partial charge in [-0.05, 0) is 48.6 Å². The van der Waals surface area contributed by atoms with Gasteiger partial charge in [-0.15, -0.1) is 11.3 Å². The van der Waals surface area contributed by atoms with Gasteiger partial charge in [-0.25, -0.2) is 0 Å². The molecule has 0 aliphatic rings. The molecule has 0 saturated carbocycles. The number of rotatable bonds is 9. The predicted octanol–water partition coefficient (Wildman–Crippen LogP) is 4.59. The van der Waals surface area contributed by atoms with E-state index in [1.165, 1.54) is 10.4 Å². The number of aryl methyl sites for hydroxylation is 2. The molecule has 1 heterocycles. The van der Waals surface area contributed by atoms with Gasteiger partial charge in [-0.1, -0.05) is 26.3 Å². The van der Waals surface area contributed by atoms with Gasteiger partial charge in [0.1, 0.15) is 0 Å². The van der Waals surface area contributed by atoms with E-state index >= 15 is 0 Å². The molecule has 4 nitrogen and oxygen atoms in total.